The average Bonchev–Trinajstić information content (AvgIpc) is 3.68. The summed E-state index contributed by atoms with van der Waals surface area (Å²) in [6.07, 6.45) is 2.38. The molecule has 11 heteroatoms. The summed E-state index contributed by atoms with van der Waals surface area (Å²) in [5.74, 6) is 0.847. The Morgan fingerprint density at radius 1 is 1.02 bits per heavy atom. The summed E-state index contributed by atoms with van der Waals surface area (Å²) >= 11 is 0. The Balaban J connectivity index is 1.18. The Labute approximate surface area is 269 Å². The van der Waals surface area contributed by atoms with Crippen molar-refractivity contribution < 1.29 is 27.3 Å². The van der Waals surface area contributed by atoms with Crippen molar-refractivity contribution in [3.05, 3.63) is 52.8 Å². The van der Waals surface area contributed by atoms with Gasteiger partial charge in [0.05, 0.1) is 16.9 Å². The van der Waals surface area contributed by atoms with E-state index in [2.05, 4.69) is 68.0 Å². The van der Waals surface area contributed by atoms with Crippen LogP contribution in [0.5, 0.6) is 0 Å². The van der Waals surface area contributed by atoms with Crippen LogP contribution in [0.1, 0.15) is 109 Å². The van der Waals surface area contributed by atoms with Gasteiger partial charge in [-0.1, -0.05) is 25.5 Å². The lowest BCUT2D eigenvalue weighted by Gasteiger charge is -2.43. The van der Waals surface area contributed by atoms with Crippen molar-refractivity contribution in [2.24, 2.45) is 10.9 Å². The van der Waals surface area contributed by atoms with Crippen LogP contribution < -0.4 is 15.7 Å². The molecule has 46 heavy (non-hydrogen) atoms. The summed E-state index contributed by atoms with van der Waals surface area (Å²) in [7, 11) is -0.470. The fourth-order valence-corrected chi connectivity index (χ4v) is 7.53. The molecule has 2 aliphatic carbocycles. The van der Waals surface area contributed by atoms with Crippen LogP contribution in [0.2, 0.25) is 0 Å². The van der Waals surface area contributed by atoms with Crippen molar-refractivity contribution in [3.63, 3.8) is 0 Å². The number of carbonyl (C=O) groups is 1. The lowest BCUT2D eigenvalue weighted by atomic mass is 9.67. The number of alkyl halides is 3. The molecular formula is C35H44BF3N4O3. The molecule has 7 nitrogen and oxygen atoms in total. The first kappa shape index (κ1) is 31.7. The van der Waals surface area contributed by atoms with Crippen molar-refractivity contribution in [2.45, 2.75) is 127 Å². The number of anilines is 1. The van der Waals surface area contributed by atoms with E-state index in [4.69, 9.17) is 14.3 Å². The van der Waals surface area contributed by atoms with Gasteiger partial charge in [0.2, 0.25) is 0 Å². The van der Waals surface area contributed by atoms with Gasteiger partial charge in [0.25, 0.3) is 5.91 Å². The van der Waals surface area contributed by atoms with E-state index in [1.807, 2.05) is 6.92 Å². The number of rotatable bonds is 6. The van der Waals surface area contributed by atoms with Gasteiger partial charge in [-0.05, 0) is 108 Å². The van der Waals surface area contributed by atoms with Gasteiger partial charge in [-0.15, -0.1) is 0 Å². The minimum Gasteiger partial charge on any atom is -0.399 e. The maximum Gasteiger partial charge on any atom is 0.494 e. The standard InChI is InChI=1S/C35H44BF3N4O3/c1-21-20-34(30(44)41-29(42-34)25-12-13-27(35(37,38)39)40-28(25)33(6)14-7-15-33)16-17-43(21)26-19-24(11-10-23(26)18-22-8-9-22)36-45-31(2,3)32(4,5)46-36/h10-13,19,21-22H,7-9,14-18,20H2,1-6H3,(H,41,42,44)/t21-,34+/m0/s1. The van der Waals surface area contributed by atoms with E-state index in [-0.39, 0.29) is 11.9 Å². The zero-order valence-electron chi connectivity index (χ0n) is 27.7. The largest absolute Gasteiger partial charge is 0.494 e. The Morgan fingerprint density at radius 3 is 2.30 bits per heavy atom. The summed E-state index contributed by atoms with van der Waals surface area (Å²) in [5, 5.41) is 2.97. The highest BCUT2D eigenvalue weighted by molar-refractivity contribution is 6.62. The lowest BCUT2D eigenvalue weighted by Crippen LogP contribution is -2.53. The topological polar surface area (TPSA) is 76.1 Å². The van der Waals surface area contributed by atoms with E-state index < -0.39 is 41.1 Å². The van der Waals surface area contributed by atoms with Gasteiger partial charge in [-0.3, -0.25) is 9.79 Å². The van der Waals surface area contributed by atoms with E-state index in [1.165, 1.54) is 24.5 Å². The van der Waals surface area contributed by atoms with Crippen molar-refractivity contribution in [2.75, 3.05) is 11.4 Å². The Morgan fingerprint density at radius 2 is 1.72 bits per heavy atom. The molecule has 0 unspecified atom stereocenters. The van der Waals surface area contributed by atoms with E-state index >= 15 is 0 Å². The first-order valence-corrected chi connectivity index (χ1v) is 16.8. The number of hydrogen-bond donors (Lipinski definition) is 1. The van der Waals surface area contributed by atoms with Crippen molar-refractivity contribution in [1.29, 1.82) is 0 Å². The highest BCUT2D eigenvalue weighted by Gasteiger charge is 2.53. The number of nitrogens with zero attached hydrogens (tertiary/aromatic N) is 3. The predicted octanol–water partition coefficient (Wildman–Crippen LogP) is 6.10. The van der Waals surface area contributed by atoms with Gasteiger partial charge in [-0.25, -0.2) is 4.98 Å². The summed E-state index contributed by atoms with van der Waals surface area (Å²) in [6.45, 7) is 12.9. The molecule has 1 amide bonds. The van der Waals surface area contributed by atoms with Crippen molar-refractivity contribution in [3.8, 4) is 0 Å². The molecule has 2 saturated heterocycles. The molecule has 7 rings (SSSR count). The molecular weight excluding hydrogens is 592 g/mol. The van der Waals surface area contributed by atoms with Crippen molar-refractivity contribution >= 4 is 30.0 Å². The second kappa shape index (κ2) is 10.5. The normalized spacial score (nSPS) is 28.3. The Kier molecular flexibility index (Phi) is 7.26. The van der Waals surface area contributed by atoms with Gasteiger partial charge >= 0.3 is 13.3 Å². The average molecular weight is 637 g/mol. The van der Waals surface area contributed by atoms with E-state index in [1.54, 1.807) is 0 Å². The molecule has 4 fully saturated rings. The van der Waals surface area contributed by atoms with Crippen LogP contribution in [0.4, 0.5) is 18.9 Å². The quantitative estimate of drug-likeness (QED) is 0.388. The van der Waals surface area contributed by atoms with Crippen molar-refractivity contribution in [1.82, 2.24) is 10.3 Å². The maximum absolute atomic E-state index is 13.7. The number of benzene rings is 1. The van der Waals surface area contributed by atoms with Crippen LogP contribution in [0.25, 0.3) is 0 Å². The van der Waals surface area contributed by atoms with Crippen LogP contribution >= 0.6 is 0 Å². The smallest absolute Gasteiger partial charge is 0.399 e. The Bertz CT molecular complexity index is 1580. The first-order chi connectivity index (χ1) is 21.5. The third-order valence-corrected chi connectivity index (χ3v) is 11.5. The van der Waals surface area contributed by atoms with Crippen LogP contribution in [0.3, 0.4) is 0 Å². The highest BCUT2D eigenvalue weighted by atomic mass is 19.4. The first-order valence-electron chi connectivity index (χ1n) is 16.8. The number of piperidine rings is 1. The van der Waals surface area contributed by atoms with Crippen LogP contribution in [-0.4, -0.2) is 53.2 Å². The van der Waals surface area contributed by atoms with Crippen LogP contribution in [-0.2, 0) is 32.1 Å². The summed E-state index contributed by atoms with van der Waals surface area (Å²) < 4.78 is 53.7. The minimum atomic E-state index is -4.55. The molecule has 2 saturated carbocycles. The molecule has 246 valence electrons. The summed E-state index contributed by atoms with van der Waals surface area (Å²) in [5.41, 5.74) is 1.03. The van der Waals surface area contributed by atoms with Crippen LogP contribution in [0.15, 0.2) is 35.3 Å². The number of aliphatic imine (C=N–C) groups is 1. The second-order valence-electron chi connectivity index (χ2n) is 15.6. The maximum atomic E-state index is 13.7. The van der Waals surface area contributed by atoms with Gasteiger partial charge < -0.3 is 19.5 Å². The fourth-order valence-electron chi connectivity index (χ4n) is 7.53. The van der Waals surface area contributed by atoms with E-state index in [9.17, 15) is 18.0 Å². The number of amides is 1. The van der Waals surface area contributed by atoms with Gasteiger partial charge in [-0.2, -0.15) is 13.2 Å². The molecule has 5 aliphatic rings. The van der Waals surface area contributed by atoms with Gasteiger partial charge in [0.1, 0.15) is 17.1 Å². The fraction of sp³-hybridized carbons (Fsp3) is 0.629. The Hall–Kier alpha value is -2.92. The molecule has 1 aromatic heterocycles. The highest BCUT2D eigenvalue weighted by Crippen LogP contribution is 2.46. The lowest BCUT2D eigenvalue weighted by molar-refractivity contribution is -0.141. The number of nitrogens with one attached hydrogen (secondary N) is 1. The number of amidine groups is 1. The third-order valence-electron chi connectivity index (χ3n) is 11.5. The van der Waals surface area contributed by atoms with Gasteiger partial charge in [0, 0.05) is 35.7 Å². The van der Waals surface area contributed by atoms with E-state index in [0.29, 0.717) is 42.4 Å². The van der Waals surface area contributed by atoms with Gasteiger partial charge in [0.15, 0.2) is 0 Å². The third kappa shape index (κ3) is 5.35. The minimum absolute atomic E-state index is 0.0107. The number of pyridine rings is 1. The molecule has 1 aromatic carbocycles. The zero-order chi connectivity index (χ0) is 32.9. The molecule has 1 N–H and O–H groups in total. The molecule has 0 radical (unpaired) electrons. The molecule has 3 aliphatic heterocycles. The predicted molar refractivity (Wildman–Crippen MR) is 172 cm³/mol. The van der Waals surface area contributed by atoms with Crippen LogP contribution in [0, 0.1) is 5.92 Å². The number of hydrogen-bond acceptors (Lipinski definition) is 6. The summed E-state index contributed by atoms with van der Waals surface area (Å²) in [6, 6.07) is 8.97. The molecule has 1 spiro atoms. The second-order valence-corrected chi connectivity index (χ2v) is 15.6. The number of halogens is 3. The summed E-state index contributed by atoms with van der Waals surface area (Å²) in [4.78, 5) is 25.2. The molecule has 0 bridgehead atoms. The molecule has 4 heterocycles. The number of carbonyl (C=O) groups excluding carboxylic acids is 1. The molecule has 2 atom stereocenters. The van der Waals surface area contributed by atoms with E-state index in [0.717, 1.165) is 42.9 Å². The molecule has 2 aromatic rings. The number of aromatic nitrogens is 1. The SMILES string of the molecule is C[C@H]1C[C@@]2(CCN1c1cc(B3OC(C)(C)C(C)(C)O3)ccc1CC1CC1)N=C(c1ccc(C(F)(F)F)nc1C1(C)CCC1)NC2=O. The monoisotopic (exact) mass is 636 g/mol. The zero-order valence-corrected chi connectivity index (χ0v) is 27.7.